The van der Waals surface area contributed by atoms with E-state index >= 15 is 0 Å². The lowest BCUT2D eigenvalue weighted by Crippen LogP contribution is -2.22. The first kappa shape index (κ1) is 11.1. The second-order valence-corrected chi connectivity index (χ2v) is 4.51. The maximum absolute atomic E-state index is 5.99. The van der Waals surface area contributed by atoms with Gasteiger partial charge in [-0.1, -0.05) is 11.6 Å². The molecule has 0 N–H and O–H groups in total. The largest absolute Gasteiger partial charge is 0.284 e. The number of hydrogen-bond acceptors (Lipinski definition) is 2. The number of pyridine rings is 1. The average molecular weight is 258 g/mol. The van der Waals surface area contributed by atoms with Crippen molar-refractivity contribution in [2.45, 2.75) is 0 Å². The van der Waals surface area contributed by atoms with Crippen LogP contribution in [-0.2, 0) is 0 Å². The van der Waals surface area contributed by atoms with Gasteiger partial charge in [0, 0.05) is 36.0 Å². The van der Waals surface area contributed by atoms with Gasteiger partial charge >= 0.3 is 0 Å². The van der Waals surface area contributed by atoms with Crippen molar-refractivity contribution in [1.82, 2.24) is 9.66 Å². The van der Waals surface area contributed by atoms with Gasteiger partial charge in [-0.2, -0.15) is 0 Å². The second-order valence-electron chi connectivity index (χ2n) is 4.08. The number of hydrogen-bond donors (Lipinski definition) is 0. The molecule has 0 spiro atoms. The van der Waals surface area contributed by atoms with Crippen molar-refractivity contribution in [2.75, 3.05) is 12.1 Å². The van der Waals surface area contributed by atoms with Crippen LogP contribution in [0, 0.1) is 0 Å². The predicted octanol–water partition coefficient (Wildman–Crippen LogP) is 3.59. The summed E-state index contributed by atoms with van der Waals surface area (Å²) >= 11 is 5.99. The molecule has 0 bridgehead atoms. The number of fused-ring (bicyclic) bond motifs is 1. The van der Waals surface area contributed by atoms with Gasteiger partial charge in [-0.05, 0) is 36.4 Å². The van der Waals surface area contributed by atoms with Gasteiger partial charge in [0.05, 0.1) is 11.2 Å². The molecule has 1 aromatic carbocycles. The Hall–Kier alpha value is -2.00. The van der Waals surface area contributed by atoms with E-state index in [2.05, 4.69) is 9.99 Å². The van der Waals surface area contributed by atoms with Gasteiger partial charge in [-0.25, -0.2) is 0 Å². The van der Waals surface area contributed by atoms with Crippen molar-refractivity contribution in [1.29, 1.82) is 0 Å². The highest BCUT2D eigenvalue weighted by molar-refractivity contribution is 6.31. The molecule has 2 aromatic heterocycles. The molecule has 0 aliphatic rings. The summed E-state index contributed by atoms with van der Waals surface area (Å²) in [5, 5.41) is 3.85. The molecule has 2 heterocycles. The summed E-state index contributed by atoms with van der Waals surface area (Å²) in [5.41, 5.74) is 1.99. The summed E-state index contributed by atoms with van der Waals surface area (Å²) in [4.78, 5) is 4.35. The molecule has 0 atom stereocenters. The first-order chi connectivity index (χ1) is 8.75. The maximum Gasteiger partial charge on any atom is 0.0738 e. The van der Waals surface area contributed by atoms with E-state index in [9.17, 15) is 0 Å². The Bertz CT molecular complexity index is 677. The zero-order chi connectivity index (χ0) is 12.5. The highest BCUT2D eigenvalue weighted by Gasteiger charge is 2.07. The first-order valence-electron chi connectivity index (χ1n) is 5.67. The summed E-state index contributed by atoms with van der Waals surface area (Å²) in [7, 11) is 2.02. The molecular weight excluding hydrogens is 246 g/mol. The van der Waals surface area contributed by atoms with Crippen LogP contribution in [0.5, 0.6) is 0 Å². The van der Waals surface area contributed by atoms with Crippen LogP contribution < -0.4 is 5.01 Å². The van der Waals surface area contributed by atoms with Gasteiger partial charge in [0.15, 0.2) is 0 Å². The fourth-order valence-corrected chi connectivity index (χ4v) is 2.20. The maximum atomic E-state index is 5.99. The molecule has 0 aliphatic heterocycles. The van der Waals surface area contributed by atoms with E-state index < -0.39 is 0 Å². The lowest BCUT2D eigenvalue weighted by atomic mass is 10.2. The molecule has 3 rings (SSSR count). The highest BCUT2D eigenvalue weighted by atomic mass is 35.5. The van der Waals surface area contributed by atoms with E-state index in [4.69, 9.17) is 11.6 Å². The average Bonchev–Trinajstić information content (AvgIpc) is 2.90. The predicted molar refractivity (Wildman–Crippen MR) is 75.0 cm³/mol. The normalized spacial score (nSPS) is 10.8. The van der Waals surface area contributed by atoms with Gasteiger partial charge < -0.3 is 0 Å². The summed E-state index contributed by atoms with van der Waals surface area (Å²) in [6, 6.07) is 11.8. The monoisotopic (exact) mass is 257 g/mol. The highest BCUT2D eigenvalue weighted by Crippen LogP contribution is 2.26. The Kier molecular flexibility index (Phi) is 2.68. The van der Waals surface area contributed by atoms with Crippen LogP contribution in [-0.4, -0.2) is 16.7 Å². The van der Waals surface area contributed by atoms with Crippen LogP contribution in [0.4, 0.5) is 5.69 Å². The molecule has 3 nitrogen and oxygen atoms in total. The Balaban J connectivity index is 2.17. The quantitative estimate of drug-likeness (QED) is 0.700. The number of aromatic nitrogens is 2. The fourth-order valence-electron chi connectivity index (χ4n) is 2.04. The SMILES string of the molecule is CN(c1ccnc2cc(Cl)ccc12)n1cccc1. The standard InChI is InChI=1S/C14H12ClN3/c1-17(18-8-2-3-9-18)14-6-7-16-13-10-11(15)4-5-12(13)14/h2-10H,1H3. The van der Waals surface area contributed by atoms with Crippen molar-refractivity contribution in [2.24, 2.45) is 0 Å². The van der Waals surface area contributed by atoms with Gasteiger partial charge in [0.2, 0.25) is 0 Å². The Morgan fingerprint density at radius 2 is 1.94 bits per heavy atom. The molecule has 0 radical (unpaired) electrons. The Morgan fingerprint density at radius 1 is 1.17 bits per heavy atom. The van der Waals surface area contributed by atoms with E-state index in [0.29, 0.717) is 5.02 Å². The van der Waals surface area contributed by atoms with Gasteiger partial charge in [-0.15, -0.1) is 0 Å². The molecule has 0 amide bonds. The summed E-state index contributed by atoms with van der Waals surface area (Å²) in [6.07, 6.45) is 5.80. The number of rotatable bonds is 2. The molecule has 0 unspecified atom stereocenters. The van der Waals surface area contributed by atoms with E-state index in [-0.39, 0.29) is 0 Å². The molecule has 90 valence electrons. The second kappa shape index (κ2) is 4.35. The van der Waals surface area contributed by atoms with Gasteiger partial charge in [0.25, 0.3) is 0 Å². The van der Waals surface area contributed by atoms with Crippen molar-refractivity contribution < 1.29 is 0 Å². The third-order valence-electron chi connectivity index (χ3n) is 2.97. The first-order valence-corrected chi connectivity index (χ1v) is 6.05. The molecule has 3 aromatic rings. The molecule has 0 aliphatic carbocycles. The molecule has 0 fully saturated rings. The summed E-state index contributed by atoms with van der Waals surface area (Å²) in [6.45, 7) is 0. The zero-order valence-electron chi connectivity index (χ0n) is 9.92. The van der Waals surface area contributed by atoms with Crippen LogP contribution >= 0.6 is 11.6 Å². The topological polar surface area (TPSA) is 21.1 Å². The van der Waals surface area contributed by atoms with Crippen molar-refractivity contribution in [3.05, 3.63) is 60.0 Å². The lowest BCUT2D eigenvalue weighted by Gasteiger charge is -2.22. The Morgan fingerprint density at radius 3 is 2.72 bits per heavy atom. The minimum atomic E-state index is 0.704. The van der Waals surface area contributed by atoms with E-state index in [1.54, 1.807) is 6.20 Å². The minimum Gasteiger partial charge on any atom is -0.284 e. The number of benzene rings is 1. The summed E-state index contributed by atoms with van der Waals surface area (Å²) in [5.74, 6) is 0. The minimum absolute atomic E-state index is 0.704. The number of halogens is 1. The molecule has 4 heteroatoms. The summed E-state index contributed by atoms with van der Waals surface area (Å²) < 4.78 is 2.02. The van der Waals surface area contributed by atoms with Crippen molar-refractivity contribution in [3.63, 3.8) is 0 Å². The van der Waals surface area contributed by atoms with Crippen molar-refractivity contribution >= 4 is 28.2 Å². The molecule has 0 saturated heterocycles. The van der Waals surface area contributed by atoms with Crippen LogP contribution in [0.25, 0.3) is 10.9 Å². The molecule has 18 heavy (non-hydrogen) atoms. The van der Waals surface area contributed by atoms with Crippen molar-refractivity contribution in [3.8, 4) is 0 Å². The number of anilines is 1. The van der Waals surface area contributed by atoms with Crippen LogP contribution in [0.3, 0.4) is 0 Å². The zero-order valence-corrected chi connectivity index (χ0v) is 10.7. The molecular formula is C14H12ClN3. The third-order valence-corrected chi connectivity index (χ3v) is 3.20. The van der Waals surface area contributed by atoms with Crippen LogP contribution in [0.2, 0.25) is 5.02 Å². The van der Waals surface area contributed by atoms with E-state index in [0.717, 1.165) is 16.6 Å². The van der Waals surface area contributed by atoms with E-state index in [1.807, 2.05) is 60.5 Å². The van der Waals surface area contributed by atoms with Gasteiger partial charge in [-0.3, -0.25) is 14.7 Å². The van der Waals surface area contributed by atoms with Crippen LogP contribution in [0.1, 0.15) is 0 Å². The van der Waals surface area contributed by atoms with Gasteiger partial charge in [0.1, 0.15) is 0 Å². The van der Waals surface area contributed by atoms with E-state index in [1.165, 1.54) is 0 Å². The van der Waals surface area contributed by atoms with Crippen LogP contribution in [0.15, 0.2) is 55.0 Å². The fraction of sp³-hybridized carbons (Fsp3) is 0.0714. The number of nitrogens with zero attached hydrogens (tertiary/aromatic N) is 3. The molecule has 0 saturated carbocycles. The third kappa shape index (κ3) is 1.83. The lowest BCUT2D eigenvalue weighted by molar-refractivity contribution is 0.783. The smallest absolute Gasteiger partial charge is 0.0738 e. The Labute approximate surface area is 110 Å².